The highest BCUT2D eigenvalue weighted by Gasteiger charge is 2.14. The van der Waals surface area contributed by atoms with E-state index in [0.29, 0.717) is 12.0 Å². The van der Waals surface area contributed by atoms with Gasteiger partial charge >= 0.3 is 0 Å². The molecule has 2 rings (SSSR count). The molecule has 6 N–H and O–H groups in total. The Labute approximate surface area is 180 Å². The molecule has 0 aliphatic rings. The minimum atomic E-state index is -4.15. The topological polar surface area (TPSA) is 161 Å². The highest BCUT2D eigenvalue weighted by Crippen LogP contribution is 2.10. The largest absolute Gasteiger partial charge is 0.327 e. The van der Waals surface area contributed by atoms with Crippen molar-refractivity contribution in [1.29, 1.82) is 0 Å². The van der Waals surface area contributed by atoms with Crippen LogP contribution in [0.3, 0.4) is 0 Å². The maximum Gasteiger partial charge on any atom is 0.266 e. The van der Waals surface area contributed by atoms with Crippen LogP contribution in [0.15, 0.2) is 48.5 Å². The monoisotopic (exact) mass is 480 g/mol. The van der Waals surface area contributed by atoms with Crippen molar-refractivity contribution in [1.82, 2.24) is 0 Å². The van der Waals surface area contributed by atoms with E-state index in [1.165, 1.54) is 6.07 Å². The lowest BCUT2D eigenvalue weighted by molar-refractivity contribution is 0.472. The minimum Gasteiger partial charge on any atom is -0.327 e. The molecule has 174 valence electrons. The molecule has 0 radical (unpaired) electrons. The zero-order valence-electron chi connectivity index (χ0n) is 16.6. The molecule has 0 saturated carbocycles. The van der Waals surface area contributed by atoms with Gasteiger partial charge in [0.1, 0.15) is 0 Å². The first kappa shape index (κ1) is 27.1. The average molecular weight is 481 g/mol. The molecule has 0 heterocycles. The highest BCUT2D eigenvalue weighted by atomic mass is 32.2. The van der Waals surface area contributed by atoms with Crippen molar-refractivity contribution in [3.63, 3.8) is 0 Å². The molecule has 2 aromatic carbocycles. The van der Waals surface area contributed by atoms with E-state index in [1.807, 2.05) is 30.3 Å². The summed E-state index contributed by atoms with van der Waals surface area (Å²) in [5.74, 6) is -2.99. The lowest BCUT2D eigenvalue weighted by atomic mass is 10.1. The van der Waals surface area contributed by atoms with Crippen LogP contribution in [0.4, 0.5) is 8.78 Å². The number of halogens is 2. The molecule has 12 heteroatoms. The van der Waals surface area contributed by atoms with Gasteiger partial charge in [0.05, 0.1) is 11.5 Å². The summed E-state index contributed by atoms with van der Waals surface area (Å²) in [6, 6.07) is 11.5. The van der Waals surface area contributed by atoms with Gasteiger partial charge in [-0.25, -0.2) is 8.78 Å². The molecule has 0 fully saturated rings. The predicted octanol–water partition coefficient (Wildman–Crippen LogP) is 1.56. The second-order valence-corrected chi connectivity index (χ2v) is 9.99. The van der Waals surface area contributed by atoms with Crippen LogP contribution in [0.1, 0.15) is 17.5 Å². The SMILES string of the molecule is N[C@@H](CCc1ccccc1)CS(=O)(=O)O.N[C@@H](Cc1ccc(F)c(F)c1)CS(=O)(=O)O. The third-order valence-electron chi connectivity index (χ3n) is 3.98. The molecule has 0 spiro atoms. The van der Waals surface area contributed by atoms with Crippen molar-refractivity contribution in [2.24, 2.45) is 11.5 Å². The number of hydrogen-bond donors (Lipinski definition) is 4. The van der Waals surface area contributed by atoms with Crippen molar-refractivity contribution < 1.29 is 34.7 Å². The van der Waals surface area contributed by atoms with E-state index in [-0.39, 0.29) is 12.2 Å². The Morgan fingerprint density at radius 2 is 1.32 bits per heavy atom. The first-order valence-corrected chi connectivity index (χ1v) is 12.4. The molecule has 0 amide bonds. The third kappa shape index (κ3) is 13.1. The van der Waals surface area contributed by atoms with Crippen LogP contribution in [-0.4, -0.2) is 49.5 Å². The number of aryl methyl sites for hydroxylation is 1. The summed E-state index contributed by atoms with van der Waals surface area (Å²) in [5, 5.41) is 0. The second-order valence-electron chi connectivity index (χ2n) is 6.99. The molecule has 0 saturated heterocycles. The van der Waals surface area contributed by atoms with Gasteiger partial charge in [0.25, 0.3) is 20.2 Å². The third-order valence-corrected chi connectivity index (χ3v) is 5.68. The zero-order valence-corrected chi connectivity index (χ0v) is 18.2. The van der Waals surface area contributed by atoms with Gasteiger partial charge < -0.3 is 11.5 Å². The van der Waals surface area contributed by atoms with E-state index < -0.39 is 49.7 Å². The van der Waals surface area contributed by atoms with Crippen LogP contribution < -0.4 is 11.5 Å². The van der Waals surface area contributed by atoms with Gasteiger partial charge in [0.2, 0.25) is 0 Å². The van der Waals surface area contributed by atoms with Crippen LogP contribution in [0.2, 0.25) is 0 Å². The van der Waals surface area contributed by atoms with Crippen LogP contribution in [-0.2, 0) is 33.1 Å². The molecule has 0 aliphatic heterocycles. The van der Waals surface area contributed by atoms with E-state index in [1.54, 1.807) is 0 Å². The average Bonchev–Trinajstić information content (AvgIpc) is 2.61. The van der Waals surface area contributed by atoms with Gasteiger partial charge in [0, 0.05) is 12.1 Å². The molecule has 2 aromatic rings. The molecule has 0 unspecified atom stereocenters. The van der Waals surface area contributed by atoms with Gasteiger partial charge in [-0.05, 0) is 42.5 Å². The second kappa shape index (κ2) is 12.2. The van der Waals surface area contributed by atoms with Gasteiger partial charge in [-0.2, -0.15) is 16.8 Å². The normalized spacial score (nSPS) is 13.7. The summed E-state index contributed by atoms with van der Waals surface area (Å²) in [6.07, 6.45) is 1.30. The van der Waals surface area contributed by atoms with Crippen LogP contribution in [0.25, 0.3) is 0 Å². The molecular formula is C19H26F2N2O6S2. The maximum absolute atomic E-state index is 12.8. The van der Waals surface area contributed by atoms with E-state index in [4.69, 9.17) is 20.6 Å². The summed E-state index contributed by atoms with van der Waals surface area (Å²) in [7, 11) is -8.11. The molecule has 31 heavy (non-hydrogen) atoms. The van der Waals surface area contributed by atoms with E-state index >= 15 is 0 Å². The summed E-state index contributed by atoms with van der Waals surface area (Å²) in [6.45, 7) is 0. The number of rotatable bonds is 9. The first-order valence-electron chi connectivity index (χ1n) is 9.14. The fraction of sp³-hybridized carbons (Fsp3) is 0.368. The van der Waals surface area contributed by atoms with E-state index in [2.05, 4.69) is 0 Å². The van der Waals surface area contributed by atoms with Gasteiger partial charge in [0.15, 0.2) is 11.6 Å². The van der Waals surface area contributed by atoms with Crippen molar-refractivity contribution in [2.75, 3.05) is 11.5 Å². The number of benzene rings is 2. The predicted molar refractivity (Wildman–Crippen MR) is 114 cm³/mol. The summed E-state index contributed by atoms with van der Waals surface area (Å²) in [4.78, 5) is 0. The Kier molecular flexibility index (Phi) is 10.6. The standard InChI is InChI=1S/C10H15NO3S.C9H11F2NO3S/c11-10(8-15(12,13)14)7-6-9-4-2-1-3-5-9;10-8-2-1-6(4-9(8)11)3-7(12)5-16(13,14)15/h1-5,10H,6-8,11H2,(H,12,13,14);1-2,4,7H,3,5,12H2,(H,13,14,15)/t10-;7-/m00/s1. The number of hydrogen-bond acceptors (Lipinski definition) is 6. The van der Waals surface area contributed by atoms with Gasteiger partial charge in [-0.15, -0.1) is 0 Å². The molecule has 0 aromatic heterocycles. The lowest BCUT2D eigenvalue weighted by Crippen LogP contribution is -2.31. The van der Waals surface area contributed by atoms with E-state index in [0.717, 1.165) is 24.1 Å². The minimum absolute atomic E-state index is 0.0387. The van der Waals surface area contributed by atoms with Crippen LogP contribution in [0, 0.1) is 11.6 Å². The van der Waals surface area contributed by atoms with Crippen LogP contribution in [0.5, 0.6) is 0 Å². The number of nitrogens with two attached hydrogens (primary N) is 2. The highest BCUT2D eigenvalue weighted by molar-refractivity contribution is 7.86. The Morgan fingerprint density at radius 1 is 0.774 bits per heavy atom. The Balaban J connectivity index is 0.000000311. The van der Waals surface area contributed by atoms with Crippen molar-refractivity contribution in [2.45, 2.75) is 31.3 Å². The van der Waals surface area contributed by atoms with Crippen LogP contribution >= 0.6 is 0 Å². The lowest BCUT2D eigenvalue weighted by Gasteiger charge is -2.09. The van der Waals surface area contributed by atoms with Crippen molar-refractivity contribution >= 4 is 20.2 Å². The van der Waals surface area contributed by atoms with E-state index in [9.17, 15) is 25.6 Å². The van der Waals surface area contributed by atoms with Crippen molar-refractivity contribution in [3.8, 4) is 0 Å². The Bertz CT molecular complexity index is 1030. The molecule has 0 aliphatic carbocycles. The smallest absolute Gasteiger partial charge is 0.266 e. The summed E-state index contributed by atoms with van der Waals surface area (Å²) < 4.78 is 84.5. The molecule has 0 bridgehead atoms. The quantitative estimate of drug-likeness (QED) is 0.393. The summed E-state index contributed by atoms with van der Waals surface area (Å²) >= 11 is 0. The maximum atomic E-state index is 12.8. The summed E-state index contributed by atoms with van der Waals surface area (Å²) in [5.41, 5.74) is 12.5. The fourth-order valence-corrected chi connectivity index (χ4v) is 4.02. The molecular weight excluding hydrogens is 454 g/mol. The first-order chi connectivity index (χ1) is 14.2. The fourth-order valence-electron chi connectivity index (χ4n) is 2.65. The van der Waals surface area contributed by atoms with Gasteiger partial charge in [-0.3, -0.25) is 9.11 Å². The zero-order chi connectivity index (χ0) is 23.7. The molecule has 2 atom stereocenters. The molecule has 8 nitrogen and oxygen atoms in total. The van der Waals surface area contributed by atoms with Crippen molar-refractivity contribution in [3.05, 3.63) is 71.3 Å². The Hall–Kier alpha value is -1.96. The van der Waals surface area contributed by atoms with Gasteiger partial charge in [-0.1, -0.05) is 36.4 Å². The Morgan fingerprint density at radius 3 is 1.84 bits per heavy atom.